The van der Waals surface area contributed by atoms with Gasteiger partial charge in [0.2, 0.25) is 0 Å². The van der Waals surface area contributed by atoms with Crippen molar-refractivity contribution in [1.82, 2.24) is 0 Å². The van der Waals surface area contributed by atoms with Crippen LogP contribution in [0, 0.1) is 0 Å². The maximum atomic E-state index is 0. The first-order valence-corrected chi connectivity index (χ1v) is 0. The molecule has 0 unspecified atom stereocenters. The van der Waals surface area contributed by atoms with Crippen LogP contribution in [-0.4, -0.2) is 0 Å². The van der Waals surface area contributed by atoms with Gasteiger partial charge in [0.05, 0.1) is 0 Å². The van der Waals surface area contributed by atoms with Gasteiger partial charge < -0.3 is 0 Å². The quantitative estimate of drug-likeness (QED) is 0.270. The molecule has 0 fully saturated rings. The van der Waals surface area contributed by atoms with Crippen molar-refractivity contribution >= 4 is 211 Å². The molecule has 0 aromatic carbocycles. The van der Waals surface area contributed by atoms with Crippen molar-refractivity contribution in [2.45, 2.75) is 0 Å². The number of rotatable bonds is 0. The summed E-state index contributed by atoms with van der Waals surface area (Å²) >= 11 is 0. The minimum absolute atomic E-state index is 0. The molecule has 0 saturated heterocycles. The highest BCUT2D eigenvalue weighted by Crippen LogP contribution is 0.706. The van der Waals surface area contributed by atoms with Crippen LogP contribution in [0.15, 0.2) is 0 Å². The first kappa shape index (κ1) is 395. The Morgan fingerprint density at radius 2 is 0.0588 bits per heavy atom. The highest BCUT2D eigenvalue weighted by Gasteiger charge is -0.131. The number of halogens is 17. The molecule has 0 amide bonds. The largest absolute Gasteiger partial charge is 0.147 e. The van der Waals surface area contributed by atoms with Gasteiger partial charge in [-0.15, -0.1) is 211 Å². The average Bonchev–Trinajstić information content (AvgIpc) is 0. The van der Waals surface area contributed by atoms with Crippen LogP contribution in [0.3, 0.4) is 0 Å². The average molecular weight is 620 g/mol. The van der Waals surface area contributed by atoms with Gasteiger partial charge in [0.25, 0.3) is 0 Å². The minimum Gasteiger partial charge on any atom is -0.147 e. The Balaban J connectivity index is 0. The fraction of sp³-hybridized carbons (Fsp3) is 0. The summed E-state index contributed by atoms with van der Waals surface area (Å²) < 4.78 is 0. The molecular formula is H17Cl17. The van der Waals surface area contributed by atoms with Crippen molar-refractivity contribution in [2.24, 2.45) is 0 Å². The molecule has 0 N–H and O–H groups in total. The molecule has 17 heavy (non-hydrogen) atoms. The summed E-state index contributed by atoms with van der Waals surface area (Å²) in [6.45, 7) is 0. The van der Waals surface area contributed by atoms with E-state index in [1.807, 2.05) is 0 Å². The van der Waals surface area contributed by atoms with Crippen molar-refractivity contribution in [3.63, 3.8) is 0 Å². The van der Waals surface area contributed by atoms with Crippen molar-refractivity contribution in [1.29, 1.82) is 0 Å². The second-order valence-corrected chi connectivity index (χ2v) is 0. The number of hydrogen-bond acceptors (Lipinski definition) is 0. The summed E-state index contributed by atoms with van der Waals surface area (Å²) in [5.74, 6) is 0. The molecule has 0 rings (SSSR count). The van der Waals surface area contributed by atoms with E-state index in [9.17, 15) is 0 Å². The lowest BCUT2D eigenvalue weighted by Crippen LogP contribution is 0.688. The summed E-state index contributed by atoms with van der Waals surface area (Å²) in [4.78, 5) is 0. The zero-order chi connectivity index (χ0) is 0. The highest BCUT2D eigenvalue weighted by molar-refractivity contribution is 5.87. The maximum Gasteiger partial charge on any atom is -0.147 e. The molecule has 0 heterocycles. The van der Waals surface area contributed by atoms with E-state index in [0.717, 1.165) is 0 Å². The lowest BCUT2D eigenvalue weighted by Gasteiger charge is -0.148. The van der Waals surface area contributed by atoms with Gasteiger partial charge in [0, 0.05) is 0 Å². The first-order valence-electron chi connectivity index (χ1n) is 0. The van der Waals surface area contributed by atoms with Crippen LogP contribution in [0.1, 0.15) is 0 Å². The van der Waals surface area contributed by atoms with Crippen LogP contribution in [-0.2, 0) is 0 Å². The van der Waals surface area contributed by atoms with E-state index in [0.29, 0.717) is 0 Å². The molecule has 0 saturated carbocycles. The predicted octanol–water partition coefficient (Wildman–Crippen LogP) is 7.17. The molecule has 136 valence electrons. The lowest BCUT2D eigenvalue weighted by molar-refractivity contribution is 5.85. The third kappa shape index (κ3) is 309. The van der Waals surface area contributed by atoms with Crippen molar-refractivity contribution in [3.05, 3.63) is 0 Å². The van der Waals surface area contributed by atoms with Crippen LogP contribution in [0.4, 0.5) is 0 Å². The second-order valence-electron chi connectivity index (χ2n) is 0. The van der Waals surface area contributed by atoms with E-state index in [1.54, 1.807) is 0 Å². The molecule has 0 radical (unpaired) electrons. The minimum atomic E-state index is 0. The Labute approximate surface area is 208 Å². The summed E-state index contributed by atoms with van der Waals surface area (Å²) in [6, 6.07) is 0. The third-order valence-corrected chi connectivity index (χ3v) is 0. The van der Waals surface area contributed by atoms with Crippen LogP contribution >= 0.6 is 211 Å². The van der Waals surface area contributed by atoms with Gasteiger partial charge in [-0.25, -0.2) is 0 Å². The zero-order valence-corrected chi connectivity index (χ0v) is 20.8. The molecule has 0 spiro atoms. The van der Waals surface area contributed by atoms with Gasteiger partial charge in [-0.3, -0.25) is 0 Å². The summed E-state index contributed by atoms with van der Waals surface area (Å²) in [6.07, 6.45) is 0. The molecule has 0 aliphatic rings. The molecule has 0 aromatic heterocycles. The fourth-order valence-electron chi connectivity index (χ4n) is 0. The normalized spacial score (nSPS) is 0. The summed E-state index contributed by atoms with van der Waals surface area (Å²) in [5.41, 5.74) is 0. The lowest BCUT2D eigenvalue weighted by atomic mass is 35.5. The van der Waals surface area contributed by atoms with Gasteiger partial charge in [0.1, 0.15) is 0 Å². The molecular weight excluding hydrogens is 603 g/mol. The second kappa shape index (κ2) is 342. The van der Waals surface area contributed by atoms with Crippen LogP contribution in [0.2, 0.25) is 0 Å². The Morgan fingerprint density at radius 3 is 0.0588 bits per heavy atom. The van der Waals surface area contributed by atoms with E-state index in [4.69, 9.17) is 0 Å². The molecule has 0 aromatic rings. The Bertz CT molecular complexity index is 0. The van der Waals surface area contributed by atoms with E-state index in [-0.39, 0.29) is 211 Å². The molecule has 17 heteroatoms. The van der Waals surface area contributed by atoms with Crippen molar-refractivity contribution < 1.29 is 0 Å². The van der Waals surface area contributed by atoms with E-state index >= 15 is 0 Å². The maximum absolute atomic E-state index is 0. The molecule has 0 aliphatic carbocycles. The molecule has 0 aliphatic heterocycles. The van der Waals surface area contributed by atoms with Crippen LogP contribution in [0.25, 0.3) is 0 Å². The Morgan fingerprint density at radius 1 is 0.0588 bits per heavy atom. The SMILES string of the molecule is Cl.Cl.Cl.Cl.Cl.Cl.Cl.Cl.Cl.Cl.Cl.Cl.Cl.Cl.Cl.Cl.Cl. The van der Waals surface area contributed by atoms with Crippen molar-refractivity contribution in [2.75, 3.05) is 0 Å². The van der Waals surface area contributed by atoms with E-state index < -0.39 is 0 Å². The molecule has 0 atom stereocenters. The highest BCUT2D eigenvalue weighted by atomic mass is 35.5. The standard InChI is InChI=1S/17ClH/h17*1H. The predicted molar refractivity (Wildman–Crippen MR) is 123 cm³/mol. The zero-order valence-electron chi connectivity index (χ0n) is 6.94. The summed E-state index contributed by atoms with van der Waals surface area (Å²) in [5, 5.41) is 0. The van der Waals surface area contributed by atoms with Crippen LogP contribution < -0.4 is 0 Å². The fourth-order valence-corrected chi connectivity index (χ4v) is 0. The molecule has 0 bridgehead atoms. The van der Waals surface area contributed by atoms with Gasteiger partial charge >= 0.3 is 0 Å². The van der Waals surface area contributed by atoms with E-state index in [2.05, 4.69) is 0 Å². The van der Waals surface area contributed by atoms with Crippen molar-refractivity contribution in [3.8, 4) is 0 Å². The Hall–Kier alpha value is 4.93. The van der Waals surface area contributed by atoms with Crippen LogP contribution in [0.5, 0.6) is 0 Å². The Kier molecular flexibility index (Phi) is 7950. The smallest absolute Gasteiger partial charge is 0.147 e. The van der Waals surface area contributed by atoms with Gasteiger partial charge in [0.15, 0.2) is 0 Å². The van der Waals surface area contributed by atoms with Gasteiger partial charge in [-0.1, -0.05) is 0 Å². The van der Waals surface area contributed by atoms with Gasteiger partial charge in [-0.2, -0.15) is 0 Å². The third-order valence-electron chi connectivity index (χ3n) is 0. The first-order chi connectivity index (χ1) is 0. The van der Waals surface area contributed by atoms with Gasteiger partial charge in [-0.05, 0) is 0 Å². The van der Waals surface area contributed by atoms with E-state index in [1.165, 1.54) is 0 Å². The topological polar surface area (TPSA) is 0 Å². The monoisotopic (exact) mass is 612 g/mol. The summed E-state index contributed by atoms with van der Waals surface area (Å²) in [7, 11) is 0. The number of hydrogen-bond donors (Lipinski definition) is 0. The molecule has 0 nitrogen and oxygen atoms in total.